The van der Waals surface area contributed by atoms with Gasteiger partial charge >= 0.3 is 0 Å². The fourth-order valence-electron chi connectivity index (χ4n) is 2.61. The Hall–Kier alpha value is -0.740. The lowest BCUT2D eigenvalue weighted by Gasteiger charge is -2.30. The maximum absolute atomic E-state index is 5.45. The minimum Gasteiger partial charge on any atom is -0.359 e. The van der Waals surface area contributed by atoms with Gasteiger partial charge in [-0.2, -0.15) is 0 Å². The van der Waals surface area contributed by atoms with Gasteiger partial charge in [0.1, 0.15) is 0 Å². The van der Waals surface area contributed by atoms with Crippen LogP contribution in [0.2, 0.25) is 0 Å². The van der Waals surface area contributed by atoms with Crippen LogP contribution in [0.3, 0.4) is 0 Å². The summed E-state index contributed by atoms with van der Waals surface area (Å²) in [5.41, 5.74) is 1.09. The van der Waals surface area contributed by atoms with Gasteiger partial charge in [0, 0.05) is 10.9 Å². The Morgan fingerprint density at radius 2 is 2.00 bits per heavy atom. The van der Waals surface area contributed by atoms with E-state index >= 15 is 0 Å². The van der Waals surface area contributed by atoms with Gasteiger partial charge in [0.25, 0.3) is 0 Å². The van der Waals surface area contributed by atoms with E-state index in [1.165, 1.54) is 30.6 Å². The summed E-state index contributed by atoms with van der Waals surface area (Å²) in [7, 11) is 0. The molecule has 2 N–H and O–H groups in total. The van der Waals surface area contributed by atoms with E-state index in [0.29, 0.717) is 12.0 Å². The summed E-state index contributed by atoms with van der Waals surface area (Å²) in [6.07, 6.45) is 7.29. The minimum atomic E-state index is 0.523. The number of anilines is 1. The van der Waals surface area contributed by atoms with Crippen molar-refractivity contribution in [2.45, 2.75) is 43.5 Å². The first kappa shape index (κ1) is 14.7. The molecule has 2 atom stereocenters. The SMILES string of the molecule is CSc1ccccc1NC(=S)N[C@@H]1CCCC[C@@H]1C. The number of thiocarbonyl (C=S) groups is 1. The van der Waals surface area contributed by atoms with E-state index in [1.54, 1.807) is 11.8 Å². The third kappa shape index (κ3) is 4.11. The summed E-state index contributed by atoms with van der Waals surface area (Å²) in [5.74, 6) is 0.712. The molecular weight excluding hydrogens is 272 g/mol. The van der Waals surface area contributed by atoms with Crippen LogP contribution in [0.5, 0.6) is 0 Å². The van der Waals surface area contributed by atoms with E-state index in [0.717, 1.165) is 10.8 Å². The second kappa shape index (κ2) is 7.15. The molecule has 1 aromatic rings. The molecule has 0 bridgehead atoms. The van der Waals surface area contributed by atoms with E-state index < -0.39 is 0 Å². The molecule has 0 aliphatic heterocycles. The molecule has 104 valence electrons. The predicted octanol–water partition coefficient (Wildman–Crippen LogP) is 4.27. The topological polar surface area (TPSA) is 24.1 Å². The summed E-state index contributed by atoms with van der Waals surface area (Å²) in [6.45, 7) is 2.31. The number of benzene rings is 1. The Morgan fingerprint density at radius 3 is 2.74 bits per heavy atom. The Labute approximate surface area is 125 Å². The highest BCUT2D eigenvalue weighted by Gasteiger charge is 2.21. The second-order valence-electron chi connectivity index (χ2n) is 5.17. The van der Waals surface area contributed by atoms with Crippen LogP contribution in [0.25, 0.3) is 0 Å². The Kier molecular flexibility index (Phi) is 5.52. The molecule has 0 aromatic heterocycles. The quantitative estimate of drug-likeness (QED) is 0.642. The standard InChI is InChI=1S/C15H22N2S2/c1-11-7-3-4-8-12(11)16-15(18)17-13-9-5-6-10-14(13)19-2/h5-6,9-12H,3-4,7-8H2,1-2H3,(H2,16,17,18)/t11-,12+/m0/s1. The molecule has 1 aliphatic rings. The molecule has 0 heterocycles. The van der Waals surface area contributed by atoms with Crippen molar-refractivity contribution in [2.24, 2.45) is 5.92 Å². The molecule has 1 fully saturated rings. The van der Waals surface area contributed by atoms with E-state index in [1.807, 2.05) is 6.07 Å². The third-order valence-electron chi connectivity index (χ3n) is 3.78. The first-order chi connectivity index (χ1) is 9.20. The molecule has 0 radical (unpaired) electrons. The average molecular weight is 294 g/mol. The molecule has 0 saturated heterocycles. The molecule has 1 saturated carbocycles. The van der Waals surface area contributed by atoms with Crippen LogP contribution in [0, 0.1) is 5.92 Å². The van der Waals surface area contributed by atoms with Gasteiger partial charge in [-0.25, -0.2) is 0 Å². The van der Waals surface area contributed by atoms with Crippen LogP contribution in [-0.4, -0.2) is 17.4 Å². The average Bonchev–Trinajstić information content (AvgIpc) is 2.42. The Bertz CT molecular complexity index is 434. The van der Waals surface area contributed by atoms with Crippen LogP contribution < -0.4 is 10.6 Å². The molecule has 4 heteroatoms. The zero-order valence-corrected chi connectivity index (χ0v) is 13.2. The summed E-state index contributed by atoms with van der Waals surface area (Å²) in [6, 6.07) is 8.79. The molecule has 2 nitrogen and oxygen atoms in total. The van der Waals surface area contributed by atoms with Gasteiger partial charge in [-0.3, -0.25) is 0 Å². The summed E-state index contributed by atoms with van der Waals surface area (Å²) >= 11 is 7.18. The number of nitrogens with one attached hydrogen (secondary N) is 2. The lowest BCUT2D eigenvalue weighted by Crippen LogP contribution is -2.43. The largest absolute Gasteiger partial charge is 0.359 e. The van der Waals surface area contributed by atoms with Gasteiger partial charge in [0.05, 0.1) is 5.69 Å². The van der Waals surface area contributed by atoms with Gasteiger partial charge in [-0.1, -0.05) is 31.9 Å². The molecule has 1 aromatic carbocycles. The normalized spacial score (nSPS) is 22.8. The van der Waals surface area contributed by atoms with E-state index in [4.69, 9.17) is 12.2 Å². The fraction of sp³-hybridized carbons (Fsp3) is 0.533. The van der Waals surface area contributed by atoms with Crippen molar-refractivity contribution in [1.29, 1.82) is 0 Å². The highest BCUT2D eigenvalue weighted by Crippen LogP contribution is 2.26. The summed E-state index contributed by atoms with van der Waals surface area (Å²) in [4.78, 5) is 1.23. The van der Waals surface area contributed by atoms with Crippen molar-refractivity contribution in [1.82, 2.24) is 5.32 Å². The second-order valence-corrected chi connectivity index (χ2v) is 6.42. The zero-order chi connectivity index (χ0) is 13.7. The van der Waals surface area contributed by atoms with Gasteiger partial charge in [0.2, 0.25) is 0 Å². The first-order valence-corrected chi connectivity index (χ1v) is 8.54. The highest BCUT2D eigenvalue weighted by molar-refractivity contribution is 7.98. The van der Waals surface area contributed by atoms with Crippen molar-refractivity contribution in [2.75, 3.05) is 11.6 Å². The van der Waals surface area contributed by atoms with Crippen molar-refractivity contribution in [3.63, 3.8) is 0 Å². The maximum Gasteiger partial charge on any atom is 0.171 e. The molecule has 0 unspecified atom stereocenters. The molecule has 19 heavy (non-hydrogen) atoms. The molecule has 0 spiro atoms. The number of rotatable bonds is 3. The number of thioether (sulfide) groups is 1. The minimum absolute atomic E-state index is 0.523. The Balaban J connectivity index is 1.93. The van der Waals surface area contributed by atoms with E-state index in [9.17, 15) is 0 Å². The lowest BCUT2D eigenvalue weighted by molar-refractivity contribution is 0.309. The number of hydrogen-bond donors (Lipinski definition) is 2. The van der Waals surface area contributed by atoms with Gasteiger partial charge < -0.3 is 10.6 Å². The van der Waals surface area contributed by atoms with Crippen LogP contribution in [0.15, 0.2) is 29.2 Å². The fourth-order valence-corrected chi connectivity index (χ4v) is 3.42. The monoisotopic (exact) mass is 294 g/mol. The Morgan fingerprint density at radius 1 is 1.26 bits per heavy atom. The molecular formula is C15H22N2S2. The van der Waals surface area contributed by atoms with Crippen LogP contribution >= 0.6 is 24.0 Å². The number of hydrogen-bond acceptors (Lipinski definition) is 2. The predicted molar refractivity (Wildman–Crippen MR) is 89.0 cm³/mol. The van der Waals surface area contributed by atoms with Gasteiger partial charge in [-0.15, -0.1) is 11.8 Å². The van der Waals surface area contributed by atoms with Crippen LogP contribution in [0.1, 0.15) is 32.6 Å². The lowest BCUT2D eigenvalue weighted by atomic mass is 9.86. The van der Waals surface area contributed by atoms with Crippen molar-refractivity contribution in [3.05, 3.63) is 24.3 Å². The van der Waals surface area contributed by atoms with E-state index in [-0.39, 0.29) is 0 Å². The van der Waals surface area contributed by atoms with Gasteiger partial charge in [-0.05, 0) is 49.4 Å². The third-order valence-corrected chi connectivity index (χ3v) is 4.80. The maximum atomic E-state index is 5.45. The number of para-hydroxylation sites is 1. The van der Waals surface area contributed by atoms with Crippen molar-refractivity contribution in [3.8, 4) is 0 Å². The zero-order valence-electron chi connectivity index (χ0n) is 11.6. The van der Waals surface area contributed by atoms with Crippen LogP contribution in [0.4, 0.5) is 5.69 Å². The van der Waals surface area contributed by atoms with Crippen molar-refractivity contribution >= 4 is 34.8 Å². The van der Waals surface area contributed by atoms with Gasteiger partial charge in [0.15, 0.2) is 5.11 Å². The summed E-state index contributed by atoms with van der Waals surface area (Å²) < 4.78 is 0. The molecule has 2 rings (SSSR count). The highest BCUT2D eigenvalue weighted by atomic mass is 32.2. The smallest absolute Gasteiger partial charge is 0.171 e. The van der Waals surface area contributed by atoms with Crippen LogP contribution in [-0.2, 0) is 0 Å². The first-order valence-electron chi connectivity index (χ1n) is 6.91. The summed E-state index contributed by atoms with van der Waals surface area (Å²) in [5, 5.41) is 7.56. The molecule has 1 aliphatic carbocycles. The molecule has 0 amide bonds. The van der Waals surface area contributed by atoms with E-state index in [2.05, 4.69) is 42.0 Å². The van der Waals surface area contributed by atoms with Crippen molar-refractivity contribution < 1.29 is 0 Å².